The fourth-order valence-electron chi connectivity index (χ4n) is 2.05. The van der Waals surface area contributed by atoms with E-state index in [1.165, 1.54) is 0 Å². The lowest BCUT2D eigenvalue weighted by molar-refractivity contribution is -0.0300. The summed E-state index contributed by atoms with van der Waals surface area (Å²) in [6, 6.07) is 9.08. The van der Waals surface area contributed by atoms with E-state index in [1.54, 1.807) is 12.1 Å². The first-order valence-corrected chi connectivity index (χ1v) is 5.95. The summed E-state index contributed by atoms with van der Waals surface area (Å²) in [7, 11) is 0. The van der Waals surface area contributed by atoms with Crippen molar-refractivity contribution in [2.45, 2.75) is 31.5 Å². The lowest BCUT2D eigenvalue weighted by atomic mass is 9.83. The van der Waals surface area contributed by atoms with E-state index in [1.807, 2.05) is 25.1 Å². The molecule has 1 aliphatic rings. The monoisotopic (exact) mass is 234 g/mol. The van der Waals surface area contributed by atoms with Crippen LogP contribution in [0.5, 0.6) is 0 Å². The zero-order valence-electron chi connectivity index (χ0n) is 9.93. The van der Waals surface area contributed by atoms with Gasteiger partial charge in [-0.25, -0.2) is 0 Å². The van der Waals surface area contributed by atoms with Crippen LogP contribution >= 0.6 is 0 Å². The quantitative estimate of drug-likeness (QED) is 0.814. The maximum Gasteiger partial charge on any atom is 0.251 e. The fraction of sp³-hybridized carbons (Fsp3) is 0.462. The van der Waals surface area contributed by atoms with Gasteiger partial charge in [0.1, 0.15) is 0 Å². The van der Waals surface area contributed by atoms with Gasteiger partial charge >= 0.3 is 0 Å². The maximum atomic E-state index is 11.9. The van der Waals surface area contributed by atoms with Crippen molar-refractivity contribution in [2.24, 2.45) is 5.73 Å². The fourth-order valence-corrected chi connectivity index (χ4v) is 2.05. The van der Waals surface area contributed by atoms with E-state index in [-0.39, 0.29) is 24.1 Å². The minimum Gasteiger partial charge on any atom is -0.376 e. The first-order chi connectivity index (χ1) is 8.22. The molecule has 4 nitrogen and oxygen atoms in total. The zero-order chi connectivity index (χ0) is 12.3. The number of carbonyl (C=O) groups excluding carboxylic acids is 1. The van der Waals surface area contributed by atoms with E-state index < -0.39 is 0 Å². The molecule has 1 amide bonds. The molecule has 1 fully saturated rings. The molecule has 3 atom stereocenters. The second-order valence-corrected chi connectivity index (χ2v) is 4.26. The van der Waals surface area contributed by atoms with Crippen molar-refractivity contribution >= 4 is 5.91 Å². The van der Waals surface area contributed by atoms with Crippen molar-refractivity contribution in [3.8, 4) is 0 Å². The standard InChI is InChI=1S/C13H18N2O2/c1-2-17-11-8-10(14)12(11)15-13(16)9-6-4-3-5-7-9/h3-7,10-12H,2,8,14H2,1H3,(H,15,16). The van der Waals surface area contributed by atoms with Crippen molar-refractivity contribution in [3.63, 3.8) is 0 Å². The highest BCUT2D eigenvalue weighted by molar-refractivity contribution is 5.94. The van der Waals surface area contributed by atoms with Gasteiger partial charge in [0.05, 0.1) is 12.1 Å². The molecule has 2 rings (SSSR count). The molecule has 0 aromatic heterocycles. The number of hydrogen-bond donors (Lipinski definition) is 2. The average Bonchev–Trinajstić information content (AvgIpc) is 2.36. The van der Waals surface area contributed by atoms with Gasteiger partial charge in [0.25, 0.3) is 5.91 Å². The van der Waals surface area contributed by atoms with Gasteiger partial charge in [-0.1, -0.05) is 18.2 Å². The van der Waals surface area contributed by atoms with Gasteiger partial charge in [-0.15, -0.1) is 0 Å². The molecule has 1 aliphatic carbocycles. The van der Waals surface area contributed by atoms with Crippen LogP contribution in [-0.4, -0.2) is 30.7 Å². The Labute approximate surface area is 101 Å². The van der Waals surface area contributed by atoms with Gasteiger partial charge in [0.2, 0.25) is 0 Å². The second-order valence-electron chi connectivity index (χ2n) is 4.26. The van der Waals surface area contributed by atoms with Gasteiger partial charge in [-0.2, -0.15) is 0 Å². The predicted molar refractivity (Wildman–Crippen MR) is 65.7 cm³/mol. The summed E-state index contributed by atoms with van der Waals surface area (Å²) in [6.45, 7) is 2.59. The minimum atomic E-state index is -0.0875. The molecule has 0 bridgehead atoms. The Morgan fingerprint density at radius 1 is 1.47 bits per heavy atom. The molecule has 1 aromatic rings. The van der Waals surface area contributed by atoms with Crippen molar-refractivity contribution < 1.29 is 9.53 Å². The highest BCUT2D eigenvalue weighted by atomic mass is 16.5. The van der Waals surface area contributed by atoms with Gasteiger partial charge < -0.3 is 15.8 Å². The molecule has 92 valence electrons. The SMILES string of the molecule is CCOC1CC(N)C1NC(=O)c1ccccc1. The van der Waals surface area contributed by atoms with Crippen LogP contribution in [0.1, 0.15) is 23.7 Å². The molecule has 1 aromatic carbocycles. The third-order valence-corrected chi connectivity index (χ3v) is 3.08. The number of rotatable bonds is 4. The topological polar surface area (TPSA) is 64.3 Å². The molecule has 0 heterocycles. The number of benzene rings is 1. The molecular formula is C13H18N2O2. The van der Waals surface area contributed by atoms with E-state index >= 15 is 0 Å². The second kappa shape index (κ2) is 5.29. The summed E-state index contributed by atoms with van der Waals surface area (Å²) in [5.41, 5.74) is 6.53. The van der Waals surface area contributed by atoms with Gasteiger partial charge in [-0.05, 0) is 25.5 Å². The van der Waals surface area contributed by atoms with Crippen LogP contribution in [-0.2, 0) is 4.74 Å². The van der Waals surface area contributed by atoms with Crippen LogP contribution in [0.2, 0.25) is 0 Å². The summed E-state index contributed by atoms with van der Waals surface area (Å²) < 4.78 is 5.50. The van der Waals surface area contributed by atoms with Crippen LogP contribution in [0.3, 0.4) is 0 Å². The van der Waals surface area contributed by atoms with Crippen molar-refractivity contribution in [3.05, 3.63) is 35.9 Å². The molecule has 0 radical (unpaired) electrons. The molecule has 0 saturated heterocycles. The average molecular weight is 234 g/mol. The molecule has 17 heavy (non-hydrogen) atoms. The number of amides is 1. The summed E-state index contributed by atoms with van der Waals surface area (Å²) in [5.74, 6) is -0.0875. The Morgan fingerprint density at radius 3 is 2.76 bits per heavy atom. The minimum absolute atomic E-state index is 0.000729. The number of carbonyl (C=O) groups is 1. The third kappa shape index (κ3) is 2.65. The van der Waals surface area contributed by atoms with Crippen LogP contribution in [0.25, 0.3) is 0 Å². The molecule has 3 unspecified atom stereocenters. The molecule has 0 aliphatic heterocycles. The largest absolute Gasteiger partial charge is 0.376 e. The zero-order valence-corrected chi connectivity index (χ0v) is 9.93. The van der Waals surface area contributed by atoms with Crippen LogP contribution in [0.15, 0.2) is 30.3 Å². The normalized spacial score (nSPS) is 27.3. The smallest absolute Gasteiger partial charge is 0.251 e. The summed E-state index contributed by atoms with van der Waals surface area (Å²) in [5, 5.41) is 2.93. The van der Waals surface area contributed by atoms with Crippen molar-refractivity contribution in [1.82, 2.24) is 5.32 Å². The number of hydrogen-bond acceptors (Lipinski definition) is 3. The third-order valence-electron chi connectivity index (χ3n) is 3.08. The molecule has 3 N–H and O–H groups in total. The number of nitrogens with one attached hydrogen (secondary N) is 1. The highest BCUT2D eigenvalue weighted by Gasteiger charge is 2.40. The van der Waals surface area contributed by atoms with Gasteiger partial charge in [0.15, 0.2) is 0 Å². The number of ether oxygens (including phenoxy) is 1. The molecule has 0 spiro atoms. The summed E-state index contributed by atoms with van der Waals surface area (Å²) in [6.07, 6.45) is 0.871. The lowest BCUT2D eigenvalue weighted by Gasteiger charge is -2.42. The Balaban J connectivity index is 1.94. The van der Waals surface area contributed by atoms with Crippen LogP contribution in [0, 0.1) is 0 Å². The summed E-state index contributed by atoms with van der Waals surface area (Å²) in [4.78, 5) is 11.9. The Hall–Kier alpha value is -1.39. The Morgan fingerprint density at radius 2 is 2.18 bits per heavy atom. The van der Waals surface area contributed by atoms with E-state index in [9.17, 15) is 4.79 Å². The molecule has 4 heteroatoms. The number of nitrogens with two attached hydrogens (primary N) is 1. The van der Waals surface area contributed by atoms with E-state index in [0.717, 1.165) is 6.42 Å². The first-order valence-electron chi connectivity index (χ1n) is 5.95. The predicted octanol–water partition coefficient (Wildman–Crippen LogP) is 0.921. The summed E-state index contributed by atoms with van der Waals surface area (Å²) >= 11 is 0. The van der Waals surface area contributed by atoms with Crippen molar-refractivity contribution in [2.75, 3.05) is 6.61 Å². The van der Waals surface area contributed by atoms with E-state index in [4.69, 9.17) is 10.5 Å². The Bertz CT molecular complexity index is 378. The van der Waals surface area contributed by atoms with E-state index in [2.05, 4.69) is 5.32 Å². The maximum absolute atomic E-state index is 11.9. The van der Waals surface area contributed by atoms with Gasteiger partial charge in [-0.3, -0.25) is 4.79 Å². The van der Waals surface area contributed by atoms with E-state index in [0.29, 0.717) is 12.2 Å². The molecular weight excluding hydrogens is 216 g/mol. The van der Waals surface area contributed by atoms with Gasteiger partial charge in [0, 0.05) is 18.2 Å². The Kier molecular flexibility index (Phi) is 3.76. The first kappa shape index (κ1) is 12.1. The van der Waals surface area contributed by atoms with Crippen LogP contribution < -0.4 is 11.1 Å². The van der Waals surface area contributed by atoms with Crippen molar-refractivity contribution in [1.29, 1.82) is 0 Å². The lowest BCUT2D eigenvalue weighted by Crippen LogP contribution is -2.64. The van der Waals surface area contributed by atoms with Crippen LogP contribution in [0.4, 0.5) is 0 Å². The highest BCUT2D eigenvalue weighted by Crippen LogP contribution is 2.22. The molecule has 1 saturated carbocycles.